The zero-order valence-electron chi connectivity index (χ0n) is 15.4. The van der Waals surface area contributed by atoms with Gasteiger partial charge in [0.1, 0.15) is 4.88 Å². The Balaban J connectivity index is 0.00000140. The van der Waals surface area contributed by atoms with Gasteiger partial charge in [-0.25, -0.2) is 4.98 Å². The van der Waals surface area contributed by atoms with E-state index in [1.54, 1.807) is 6.26 Å². The lowest BCUT2D eigenvalue weighted by atomic mass is 10.1. The quantitative estimate of drug-likeness (QED) is 0.637. The molecule has 1 aliphatic heterocycles. The molecular weight excluding hydrogens is 417 g/mol. The van der Waals surface area contributed by atoms with Crippen molar-refractivity contribution in [2.45, 2.75) is 19.4 Å². The monoisotopic (exact) mass is 439 g/mol. The first kappa shape index (κ1) is 22.4. The van der Waals surface area contributed by atoms with Gasteiger partial charge in [0.2, 0.25) is 0 Å². The van der Waals surface area contributed by atoms with Crippen LogP contribution in [0.2, 0.25) is 0 Å². The van der Waals surface area contributed by atoms with Crippen LogP contribution >= 0.6 is 36.2 Å². The molecule has 1 fully saturated rings. The molecule has 1 amide bonds. The van der Waals surface area contributed by atoms with E-state index in [0.717, 1.165) is 22.7 Å². The van der Waals surface area contributed by atoms with Crippen molar-refractivity contribution in [1.82, 2.24) is 9.88 Å². The van der Waals surface area contributed by atoms with E-state index < -0.39 is 0 Å². The minimum absolute atomic E-state index is 0. The number of halogens is 2. The van der Waals surface area contributed by atoms with E-state index in [1.807, 2.05) is 47.4 Å². The van der Waals surface area contributed by atoms with Crippen LogP contribution in [0.1, 0.15) is 23.0 Å². The summed E-state index contributed by atoms with van der Waals surface area (Å²) in [6.07, 6.45) is 2.57. The molecule has 28 heavy (non-hydrogen) atoms. The molecule has 0 bridgehead atoms. The Bertz CT molecular complexity index is 900. The number of furan rings is 1. The van der Waals surface area contributed by atoms with Gasteiger partial charge in [-0.1, -0.05) is 30.3 Å². The third-order valence-corrected chi connectivity index (χ3v) is 5.91. The molecule has 0 saturated carbocycles. The highest BCUT2D eigenvalue weighted by atomic mass is 35.5. The summed E-state index contributed by atoms with van der Waals surface area (Å²) in [6, 6.07) is 13.7. The topological polar surface area (TPSA) is 72.4 Å². The molecule has 5 nitrogen and oxygen atoms in total. The number of likely N-dealkylation sites (tertiary alicyclic amines) is 1. The molecule has 3 aromatic rings. The van der Waals surface area contributed by atoms with E-state index in [4.69, 9.17) is 15.1 Å². The Morgan fingerprint density at radius 2 is 2.00 bits per heavy atom. The SMILES string of the molecule is CC1CC(CN)CN1C(=O)c1sc(-c2ccco2)nc1-c1ccccc1.Cl.Cl. The number of nitrogens with two attached hydrogens (primary N) is 1. The molecular formula is C20H23Cl2N3O2S. The molecule has 0 aliphatic carbocycles. The van der Waals surface area contributed by atoms with Crippen molar-refractivity contribution in [2.24, 2.45) is 11.7 Å². The van der Waals surface area contributed by atoms with Crippen LogP contribution in [0.4, 0.5) is 0 Å². The first-order chi connectivity index (χ1) is 12.7. The minimum atomic E-state index is 0. The number of benzene rings is 1. The molecule has 3 heterocycles. The van der Waals surface area contributed by atoms with Crippen molar-refractivity contribution in [3.8, 4) is 22.0 Å². The van der Waals surface area contributed by atoms with Crippen molar-refractivity contribution in [2.75, 3.05) is 13.1 Å². The maximum atomic E-state index is 13.3. The Hall–Kier alpha value is -1.86. The van der Waals surface area contributed by atoms with Gasteiger partial charge >= 0.3 is 0 Å². The summed E-state index contributed by atoms with van der Waals surface area (Å²) < 4.78 is 5.49. The molecule has 1 saturated heterocycles. The summed E-state index contributed by atoms with van der Waals surface area (Å²) in [4.78, 5) is 20.6. The fourth-order valence-electron chi connectivity index (χ4n) is 3.49. The van der Waals surface area contributed by atoms with Crippen LogP contribution < -0.4 is 5.73 Å². The van der Waals surface area contributed by atoms with Crippen LogP contribution in [0.5, 0.6) is 0 Å². The Labute approximate surface area is 180 Å². The number of hydrogen-bond donors (Lipinski definition) is 1. The molecule has 0 spiro atoms. The van der Waals surface area contributed by atoms with E-state index >= 15 is 0 Å². The van der Waals surface area contributed by atoms with Gasteiger partial charge in [0.25, 0.3) is 5.91 Å². The molecule has 2 aromatic heterocycles. The average Bonchev–Trinajstić information content (AvgIpc) is 3.40. The van der Waals surface area contributed by atoms with Crippen LogP contribution in [0.3, 0.4) is 0 Å². The fourth-order valence-corrected chi connectivity index (χ4v) is 4.50. The highest BCUT2D eigenvalue weighted by molar-refractivity contribution is 7.17. The van der Waals surface area contributed by atoms with Crippen molar-refractivity contribution < 1.29 is 9.21 Å². The minimum Gasteiger partial charge on any atom is -0.462 e. The first-order valence-corrected chi connectivity index (χ1v) is 9.60. The van der Waals surface area contributed by atoms with Crippen molar-refractivity contribution in [3.05, 3.63) is 53.6 Å². The third kappa shape index (κ3) is 4.25. The summed E-state index contributed by atoms with van der Waals surface area (Å²) in [5.41, 5.74) is 7.48. The number of amides is 1. The van der Waals surface area contributed by atoms with Crippen LogP contribution in [0, 0.1) is 5.92 Å². The number of nitrogens with zero attached hydrogens (tertiary/aromatic N) is 2. The Morgan fingerprint density at radius 1 is 1.25 bits per heavy atom. The standard InChI is InChI=1S/C20H21N3O2S.2ClH/c1-13-10-14(11-21)12-23(13)20(24)18-17(15-6-3-2-4-7-15)22-19(26-18)16-8-5-9-25-16;;/h2-9,13-14H,10-12,21H2,1H3;2*1H. The summed E-state index contributed by atoms with van der Waals surface area (Å²) in [7, 11) is 0. The largest absolute Gasteiger partial charge is 0.462 e. The molecule has 2 unspecified atom stereocenters. The van der Waals surface area contributed by atoms with Crippen molar-refractivity contribution >= 4 is 42.1 Å². The number of thiazole rings is 1. The summed E-state index contributed by atoms with van der Waals surface area (Å²) >= 11 is 1.39. The molecule has 8 heteroatoms. The molecule has 1 aliphatic rings. The van der Waals surface area contributed by atoms with Crippen LogP contribution in [0.25, 0.3) is 22.0 Å². The molecule has 2 N–H and O–H groups in total. The third-order valence-electron chi connectivity index (χ3n) is 4.86. The lowest BCUT2D eigenvalue weighted by Gasteiger charge is -2.21. The van der Waals surface area contributed by atoms with Crippen LogP contribution in [-0.2, 0) is 0 Å². The van der Waals surface area contributed by atoms with Gasteiger partial charge in [0, 0.05) is 18.2 Å². The fraction of sp³-hybridized carbons (Fsp3) is 0.300. The van der Waals surface area contributed by atoms with Crippen molar-refractivity contribution in [3.63, 3.8) is 0 Å². The predicted octanol–water partition coefficient (Wildman–Crippen LogP) is 4.72. The Kier molecular flexibility index (Phi) is 7.66. The lowest BCUT2D eigenvalue weighted by Crippen LogP contribution is -2.34. The summed E-state index contributed by atoms with van der Waals surface area (Å²) in [6.45, 7) is 3.41. The van der Waals surface area contributed by atoms with E-state index in [1.165, 1.54) is 11.3 Å². The van der Waals surface area contributed by atoms with Gasteiger partial charge in [-0.2, -0.15) is 0 Å². The number of aromatic nitrogens is 1. The van der Waals surface area contributed by atoms with Gasteiger partial charge in [-0.3, -0.25) is 4.79 Å². The molecule has 1 aromatic carbocycles. The smallest absolute Gasteiger partial charge is 0.266 e. The maximum Gasteiger partial charge on any atom is 0.266 e. The number of carbonyl (C=O) groups is 1. The zero-order chi connectivity index (χ0) is 18.1. The van der Waals surface area contributed by atoms with Crippen LogP contribution in [0.15, 0.2) is 53.1 Å². The van der Waals surface area contributed by atoms with Gasteiger partial charge in [-0.15, -0.1) is 36.2 Å². The second-order valence-corrected chi connectivity index (χ2v) is 7.68. The maximum absolute atomic E-state index is 13.3. The van der Waals surface area contributed by atoms with E-state index in [2.05, 4.69) is 6.92 Å². The van der Waals surface area contributed by atoms with Crippen LogP contribution in [-0.4, -0.2) is 34.9 Å². The molecule has 0 radical (unpaired) electrons. The van der Waals surface area contributed by atoms with Gasteiger partial charge in [0.15, 0.2) is 10.8 Å². The normalized spacial score (nSPS) is 18.4. The number of carbonyl (C=O) groups excluding carboxylic acids is 1. The van der Waals surface area contributed by atoms with Gasteiger partial charge in [-0.05, 0) is 37.9 Å². The molecule has 4 rings (SSSR count). The second-order valence-electron chi connectivity index (χ2n) is 6.68. The second kappa shape index (κ2) is 9.56. The van der Waals surface area contributed by atoms with E-state index in [9.17, 15) is 4.79 Å². The van der Waals surface area contributed by atoms with Gasteiger partial charge in [0.05, 0.1) is 12.0 Å². The Morgan fingerprint density at radius 3 is 2.61 bits per heavy atom. The summed E-state index contributed by atoms with van der Waals surface area (Å²) in [5.74, 6) is 1.08. The van der Waals surface area contributed by atoms with E-state index in [0.29, 0.717) is 29.6 Å². The highest BCUT2D eigenvalue weighted by Gasteiger charge is 2.34. The first-order valence-electron chi connectivity index (χ1n) is 8.78. The number of hydrogen-bond acceptors (Lipinski definition) is 5. The van der Waals surface area contributed by atoms with Crippen molar-refractivity contribution in [1.29, 1.82) is 0 Å². The molecule has 2 atom stereocenters. The van der Waals surface area contributed by atoms with E-state index in [-0.39, 0.29) is 36.8 Å². The molecule has 150 valence electrons. The zero-order valence-corrected chi connectivity index (χ0v) is 17.9. The summed E-state index contributed by atoms with van der Waals surface area (Å²) in [5, 5.41) is 0.722. The number of rotatable bonds is 4. The van der Waals surface area contributed by atoms with Gasteiger partial charge < -0.3 is 15.1 Å². The highest BCUT2D eigenvalue weighted by Crippen LogP contribution is 2.36. The predicted molar refractivity (Wildman–Crippen MR) is 117 cm³/mol. The average molecular weight is 440 g/mol. The lowest BCUT2D eigenvalue weighted by molar-refractivity contribution is 0.0749.